The molecule has 0 amide bonds. The summed E-state index contributed by atoms with van der Waals surface area (Å²) in [4.78, 5) is 13.6. The fourth-order valence-electron chi connectivity index (χ4n) is 9.62. The van der Waals surface area contributed by atoms with E-state index in [-0.39, 0.29) is 0 Å². The van der Waals surface area contributed by atoms with Crippen LogP contribution >= 0.6 is 0 Å². The Kier molecular flexibility index (Phi) is 5.37. The highest BCUT2D eigenvalue weighted by Crippen LogP contribution is 2.54. The van der Waals surface area contributed by atoms with E-state index in [2.05, 4.69) is 138 Å². The summed E-state index contributed by atoms with van der Waals surface area (Å²) in [6.45, 7) is 4.38. The van der Waals surface area contributed by atoms with Gasteiger partial charge in [-0.25, -0.2) is 9.97 Å². The standard InChI is InChI=1S/C49H29N3/c1-26-21-50-22-27(2)47(26)46-20-44-41(43-18-38-33-13-5-9-29-10-6-14-34(49(29)33)39(38)19-45(43)46)15-35(30-23-51-25-52-24-30)40-16-36-31-11-3-7-28-8-4-12-32(48(28)31)37(36)17-42(40)44/h3-25H,1-2H3. The summed E-state index contributed by atoms with van der Waals surface area (Å²) in [5.41, 5.74) is 17.4. The topological polar surface area (TPSA) is 38.7 Å². The average Bonchev–Trinajstić information content (AvgIpc) is 3.67. The SMILES string of the molecule is Cc1cncc(C)c1-c1cc2c3cc4c(cc3c(-c3cncnc3)cc2c2cc3c(cc12)-c1cccc2cccc-3c12)-c1cccc2cccc-4c12. The summed E-state index contributed by atoms with van der Waals surface area (Å²) in [5, 5.41) is 12.6. The highest BCUT2D eigenvalue weighted by Gasteiger charge is 2.27. The molecule has 0 unspecified atom stereocenters. The van der Waals surface area contributed by atoms with Gasteiger partial charge >= 0.3 is 0 Å². The van der Waals surface area contributed by atoms with E-state index in [1.54, 1.807) is 6.33 Å². The number of hydrogen-bond acceptors (Lipinski definition) is 3. The van der Waals surface area contributed by atoms with Crippen LogP contribution in [0.4, 0.5) is 0 Å². The van der Waals surface area contributed by atoms with Crippen LogP contribution in [-0.2, 0) is 0 Å². The average molecular weight is 660 g/mol. The largest absolute Gasteiger partial charge is 0.264 e. The van der Waals surface area contributed by atoms with Gasteiger partial charge in [-0.1, -0.05) is 72.8 Å². The minimum absolute atomic E-state index is 1.01. The molecule has 8 aromatic carbocycles. The Morgan fingerprint density at radius 2 is 0.731 bits per heavy atom. The summed E-state index contributed by atoms with van der Waals surface area (Å²) in [7, 11) is 0. The molecule has 2 aliphatic rings. The molecule has 2 aliphatic carbocycles. The third-order valence-electron chi connectivity index (χ3n) is 11.8. The smallest absolute Gasteiger partial charge is 0.115 e. The molecule has 0 N–H and O–H groups in total. The molecule has 0 fully saturated rings. The van der Waals surface area contributed by atoms with E-state index < -0.39 is 0 Å². The highest BCUT2D eigenvalue weighted by molar-refractivity contribution is 6.29. The maximum Gasteiger partial charge on any atom is 0.115 e. The van der Waals surface area contributed by atoms with Crippen molar-refractivity contribution in [3.63, 3.8) is 0 Å². The first-order valence-corrected chi connectivity index (χ1v) is 17.9. The van der Waals surface area contributed by atoms with E-state index >= 15 is 0 Å². The molecule has 3 heteroatoms. The summed E-state index contributed by atoms with van der Waals surface area (Å²) >= 11 is 0. The van der Waals surface area contributed by atoms with Crippen LogP contribution in [0, 0.1) is 13.8 Å². The molecular weight excluding hydrogens is 631 g/mol. The van der Waals surface area contributed by atoms with E-state index in [9.17, 15) is 0 Å². The molecule has 2 aromatic heterocycles. The fraction of sp³-hybridized carbons (Fsp3) is 0.0408. The van der Waals surface area contributed by atoms with Crippen LogP contribution in [0.2, 0.25) is 0 Å². The summed E-state index contributed by atoms with van der Waals surface area (Å²) in [6.07, 6.45) is 9.52. The summed E-state index contributed by atoms with van der Waals surface area (Å²) in [6, 6.07) is 41.5. The zero-order chi connectivity index (χ0) is 34.2. The monoisotopic (exact) mass is 659 g/mol. The Morgan fingerprint density at radius 3 is 1.21 bits per heavy atom. The van der Waals surface area contributed by atoms with Gasteiger partial charge in [-0.3, -0.25) is 4.98 Å². The number of benzene rings is 8. The van der Waals surface area contributed by atoms with Crippen LogP contribution in [-0.4, -0.2) is 15.0 Å². The zero-order valence-electron chi connectivity index (χ0n) is 28.6. The Hall–Kier alpha value is -6.71. The van der Waals surface area contributed by atoms with Crippen LogP contribution < -0.4 is 0 Å². The molecule has 12 rings (SSSR count). The van der Waals surface area contributed by atoms with Crippen molar-refractivity contribution < 1.29 is 0 Å². The molecule has 3 nitrogen and oxygen atoms in total. The van der Waals surface area contributed by atoms with E-state index in [0.29, 0.717) is 0 Å². The van der Waals surface area contributed by atoms with Crippen LogP contribution in [0.5, 0.6) is 0 Å². The van der Waals surface area contributed by atoms with Crippen molar-refractivity contribution in [1.29, 1.82) is 0 Å². The van der Waals surface area contributed by atoms with Gasteiger partial charge in [0.1, 0.15) is 6.33 Å². The maximum absolute atomic E-state index is 4.58. The van der Waals surface area contributed by atoms with Crippen molar-refractivity contribution in [2.45, 2.75) is 13.8 Å². The van der Waals surface area contributed by atoms with Crippen molar-refractivity contribution in [2.75, 3.05) is 0 Å². The lowest BCUT2D eigenvalue weighted by molar-refractivity contribution is 1.17. The second-order valence-corrected chi connectivity index (χ2v) is 14.5. The molecule has 240 valence electrons. The lowest BCUT2D eigenvalue weighted by Crippen LogP contribution is -1.95. The van der Waals surface area contributed by atoms with Gasteiger partial charge in [0.2, 0.25) is 0 Å². The zero-order valence-corrected chi connectivity index (χ0v) is 28.6. The van der Waals surface area contributed by atoms with E-state index in [4.69, 9.17) is 0 Å². The van der Waals surface area contributed by atoms with Crippen molar-refractivity contribution >= 4 is 53.9 Å². The molecule has 0 bridgehead atoms. The normalized spacial score (nSPS) is 12.4. The van der Waals surface area contributed by atoms with Gasteiger partial charge in [0.25, 0.3) is 0 Å². The Labute approximate surface area is 299 Å². The molecule has 0 atom stereocenters. The Morgan fingerprint density at radius 1 is 0.346 bits per heavy atom. The quantitative estimate of drug-likeness (QED) is 0.173. The third-order valence-corrected chi connectivity index (χ3v) is 11.8. The molecule has 52 heavy (non-hydrogen) atoms. The summed E-state index contributed by atoms with van der Waals surface area (Å²) in [5.74, 6) is 0. The molecule has 10 aromatic rings. The van der Waals surface area contributed by atoms with Gasteiger partial charge in [-0.15, -0.1) is 0 Å². The molecule has 0 saturated heterocycles. The maximum atomic E-state index is 4.58. The van der Waals surface area contributed by atoms with E-state index in [1.807, 2.05) is 24.8 Å². The second-order valence-electron chi connectivity index (χ2n) is 14.5. The predicted octanol–water partition coefficient (Wildman–Crippen LogP) is 12.9. The first kappa shape index (κ1) is 28.0. The molecule has 0 saturated carbocycles. The number of hydrogen-bond donors (Lipinski definition) is 0. The van der Waals surface area contributed by atoms with Crippen molar-refractivity contribution in [3.8, 4) is 66.8 Å². The van der Waals surface area contributed by atoms with Gasteiger partial charge in [0.15, 0.2) is 0 Å². The third kappa shape index (κ3) is 3.57. The van der Waals surface area contributed by atoms with Gasteiger partial charge in [0.05, 0.1) is 0 Å². The molecule has 0 radical (unpaired) electrons. The number of rotatable bonds is 2. The highest BCUT2D eigenvalue weighted by atomic mass is 14.8. The predicted molar refractivity (Wildman–Crippen MR) is 217 cm³/mol. The molecule has 2 heterocycles. The fourth-order valence-corrected chi connectivity index (χ4v) is 9.62. The lowest BCUT2D eigenvalue weighted by atomic mass is 9.84. The second kappa shape index (κ2) is 9.96. The number of aryl methyl sites for hydroxylation is 2. The Balaban J connectivity index is 1.29. The summed E-state index contributed by atoms with van der Waals surface area (Å²) < 4.78 is 0. The Bertz CT molecular complexity index is 3220. The lowest BCUT2D eigenvalue weighted by Gasteiger charge is -2.20. The van der Waals surface area contributed by atoms with Crippen LogP contribution in [0.3, 0.4) is 0 Å². The minimum Gasteiger partial charge on any atom is -0.264 e. The van der Waals surface area contributed by atoms with Gasteiger partial charge in [0, 0.05) is 30.4 Å². The molecule has 0 spiro atoms. The number of fused-ring (bicyclic) bond motifs is 11. The first-order chi connectivity index (χ1) is 25.6. The van der Waals surface area contributed by atoms with Crippen molar-refractivity contribution in [1.82, 2.24) is 15.0 Å². The van der Waals surface area contributed by atoms with Gasteiger partial charge in [-0.2, -0.15) is 0 Å². The number of aromatic nitrogens is 3. The van der Waals surface area contributed by atoms with Gasteiger partial charge < -0.3 is 0 Å². The number of nitrogens with zero attached hydrogens (tertiary/aromatic N) is 3. The minimum atomic E-state index is 1.01. The first-order valence-electron chi connectivity index (χ1n) is 17.9. The van der Waals surface area contributed by atoms with Crippen LogP contribution in [0.15, 0.2) is 140 Å². The van der Waals surface area contributed by atoms with E-state index in [1.165, 1.54) is 121 Å². The number of pyridine rings is 1. The molecular formula is C49H29N3. The van der Waals surface area contributed by atoms with E-state index in [0.717, 1.165) is 11.1 Å². The molecule has 0 aliphatic heterocycles. The van der Waals surface area contributed by atoms with Crippen molar-refractivity contribution in [3.05, 3.63) is 151 Å². The van der Waals surface area contributed by atoms with Crippen LogP contribution in [0.1, 0.15) is 11.1 Å². The van der Waals surface area contributed by atoms with Gasteiger partial charge in [-0.05, 0) is 176 Å². The van der Waals surface area contributed by atoms with Crippen molar-refractivity contribution in [2.24, 2.45) is 0 Å². The van der Waals surface area contributed by atoms with Crippen LogP contribution in [0.25, 0.3) is 121 Å².